The fourth-order valence-electron chi connectivity index (χ4n) is 2.41. The van der Waals surface area contributed by atoms with E-state index in [0.29, 0.717) is 19.4 Å². The van der Waals surface area contributed by atoms with Crippen LogP contribution in [0.4, 0.5) is 0 Å². The van der Waals surface area contributed by atoms with Crippen molar-refractivity contribution in [1.82, 2.24) is 10.6 Å². The lowest BCUT2D eigenvalue weighted by Gasteiger charge is -2.39. The van der Waals surface area contributed by atoms with Crippen molar-refractivity contribution in [3.8, 4) is 0 Å². The minimum atomic E-state index is -0.973. The maximum Gasteiger partial charge on any atom is 0.329 e. The van der Waals surface area contributed by atoms with Crippen molar-refractivity contribution in [3.63, 3.8) is 0 Å². The summed E-state index contributed by atoms with van der Waals surface area (Å²) in [7, 11) is 0. The standard InChI is InChI=1S/C11H18N2O3/c1-7-5-12-6-8(7)9(14)13-11(10(15)16)3-2-4-11/h7-8,12H,2-6H2,1H3,(H,13,14)(H,15,16). The molecule has 2 rings (SSSR count). The number of aliphatic carboxylic acids is 1. The zero-order chi connectivity index (χ0) is 11.8. The zero-order valence-corrected chi connectivity index (χ0v) is 9.45. The Hall–Kier alpha value is -1.10. The molecule has 0 spiro atoms. The van der Waals surface area contributed by atoms with Gasteiger partial charge in [-0.1, -0.05) is 6.92 Å². The Bertz CT molecular complexity index is 312. The summed E-state index contributed by atoms with van der Waals surface area (Å²) in [4.78, 5) is 23.1. The molecule has 2 unspecified atom stereocenters. The molecular formula is C11H18N2O3. The van der Waals surface area contributed by atoms with Gasteiger partial charge in [0.2, 0.25) is 5.91 Å². The SMILES string of the molecule is CC1CNCC1C(=O)NC1(C(=O)O)CCC1. The van der Waals surface area contributed by atoms with E-state index in [-0.39, 0.29) is 17.7 Å². The van der Waals surface area contributed by atoms with Crippen molar-refractivity contribution in [1.29, 1.82) is 0 Å². The van der Waals surface area contributed by atoms with Crippen molar-refractivity contribution >= 4 is 11.9 Å². The van der Waals surface area contributed by atoms with Gasteiger partial charge in [0, 0.05) is 6.54 Å². The van der Waals surface area contributed by atoms with Crippen LogP contribution in [-0.2, 0) is 9.59 Å². The Balaban J connectivity index is 1.98. The van der Waals surface area contributed by atoms with Gasteiger partial charge in [0.25, 0.3) is 0 Å². The van der Waals surface area contributed by atoms with E-state index in [1.165, 1.54) is 0 Å². The lowest BCUT2D eigenvalue weighted by atomic mass is 9.76. The van der Waals surface area contributed by atoms with Crippen LogP contribution in [0.15, 0.2) is 0 Å². The number of carboxylic acids is 1. The van der Waals surface area contributed by atoms with Gasteiger partial charge in [-0.05, 0) is 31.7 Å². The second kappa shape index (κ2) is 4.05. The predicted octanol–water partition coefficient (Wildman–Crippen LogP) is -0.0346. The molecule has 2 fully saturated rings. The van der Waals surface area contributed by atoms with E-state index in [4.69, 9.17) is 5.11 Å². The molecule has 5 heteroatoms. The lowest BCUT2D eigenvalue weighted by Crippen LogP contribution is -2.60. The van der Waals surface area contributed by atoms with E-state index in [1.54, 1.807) is 0 Å². The number of hydrogen-bond donors (Lipinski definition) is 3. The minimum absolute atomic E-state index is 0.0863. The van der Waals surface area contributed by atoms with Gasteiger partial charge in [-0.2, -0.15) is 0 Å². The van der Waals surface area contributed by atoms with Crippen molar-refractivity contribution in [2.45, 2.75) is 31.7 Å². The molecule has 0 bridgehead atoms. The summed E-state index contributed by atoms with van der Waals surface area (Å²) in [6.45, 7) is 3.50. The highest BCUT2D eigenvalue weighted by molar-refractivity contribution is 5.89. The maximum atomic E-state index is 12.0. The van der Waals surface area contributed by atoms with E-state index >= 15 is 0 Å². The normalized spacial score (nSPS) is 31.8. The molecular weight excluding hydrogens is 208 g/mol. The summed E-state index contributed by atoms with van der Waals surface area (Å²) < 4.78 is 0. The van der Waals surface area contributed by atoms with E-state index in [0.717, 1.165) is 13.0 Å². The highest BCUT2D eigenvalue weighted by atomic mass is 16.4. The molecule has 5 nitrogen and oxygen atoms in total. The Morgan fingerprint density at radius 3 is 2.44 bits per heavy atom. The van der Waals surface area contributed by atoms with Gasteiger partial charge in [-0.15, -0.1) is 0 Å². The highest BCUT2D eigenvalue weighted by Gasteiger charge is 2.47. The predicted molar refractivity (Wildman–Crippen MR) is 57.9 cm³/mol. The van der Waals surface area contributed by atoms with Crippen LogP contribution < -0.4 is 10.6 Å². The molecule has 2 atom stereocenters. The van der Waals surface area contributed by atoms with Gasteiger partial charge in [0.05, 0.1) is 5.92 Å². The molecule has 1 amide bonds. The van der Waals surface area contributed by atoms with E-state index in [1.807, 2.05) is 6.92 Å². The minimum Gasteiger partial charge on any atom is -0.480 e. The molecule has 1 aliphatic carbocycles. The second-order valence-electron chi connectivity index (χ2n) is 4.97. The number of carbonyl (C=O) groups is 2. The topological polar surface area (TPSA) is 78.4 Å². The van der Waals surface area contributed by atoms with Crippen LogP contribution in [0.1, 0.15) is 26.2 Å². The van der Waals surface area contributed by atoms with Crippen molar-refractivity contribution in [2.24, 2.45) is 11.8 Å². The Labute approximate surface area is 94.6 Å². The number of carbonyl (C=O) groups excluding carboxylic acids is 1. The van der Waals surface area contributed by atoms with Crippen molar-refractivity contribution in [2.75, 3.05) is 13.1 Å². The van der Waals surface area contributed by atoms with E-state index in [9.17, 15) is 9.59 Å². The molecule has 0 aromatic rings. The molecule has 1 aliphatic heterocycles. The quantitative estimate of drug-likeness (QED) is 0.631. The van der Waals surface area contributed by atoms with E-state index in [2.05, 4.69) is 10.6 Å². The van der Waals surface area contributed by atoms with Crippen LogP contribution in [0, 0.1) is 11.8 Å². The average molecular weight is 226 g/mol. The first-order valence-electron chi connectivity index (χ1n) is 5.81. The van der Waals surface area contributed by atoms with Crippen LogP contribution in [0.25, 0.3) is 0 Å². The first-order valence-corrected chi connectivity index (χ1v) is 5.81. The lowest BCUT2D eigenvalue weighted by molar-refractivity contribution is -0.152. The third-order valence-corrected chi connectivity index (χ3v) is 3.83. The number of hydrogen-bond acceptors (Lipinski definition) is 3. The third-order valence-electron chi connectivity index (χ3n) is 3.83. The number of nitrogens with one attached hydrogen (secondary N) is 2. The summed E-state index contributed by atoms with van der Waals surface area (Å²) in [5.74, 6) is -0.812. The first-order chi connectivity index (χ1) is 7.55. The molecule has 1 saturated heterocycles. The number of carboxylic acid groups (broad SMARTS) is 1. The molecule has 0 aromatic carbocycles. The van der Waals surface area contributed by atoms with Gasteiger partial charge in [0.15, 0.2) is 0 Å². The molecule has 2 aliphatic rings. The van der Waals surface area contributed by atoms with Crippen molar-refractivity contribution < 1.29 is 14.7 Å². The average Bonchev–Trinajstić information content (AvgIpc) is 2.57. The fourth-order valence-corrected chi connectivity index (χ4v) is 2.41. The summed E-state index contributed by atoms with van der Waals surface area (Å²) in [6.07, 6.45) is 2.00. The fraction of sp³-hybridized carbons (Fsp3) is 0.818. The summed E-state index contributed by atoms with van der Waals surface area (Å²) in [5, 5.41) is 15.0. The molecule has 16 heavy (non-hydrogen) atoms. The Kier molecular flexibility index (Phi) is 2.88. The van der Waals surface area contributed by atoms with Gasteiger partial charge < -0.3 is 15.7 Å². The van der Waals surface area contributed by atoms with Crippen LogP contribution in [0.2, 0.25) is 0 Å². The highest BCUT2D eigenvalue weighted by Crippen LogP contribution is 2.32. The van der Waals surface area contributed by atoms with Crippen molar-refractivity contribution in [3.05, 3.63) is 0 Å². The van der Waals surface area contributed by atoms with Crippen LogP contribution in [0.3, 0.4) is 0 Å². The summed E-state index contributed by atoms with van der Waals surface area (Å²) in [6, 6.07) is 0. The van der Waals surface area contributed by atoms with Gasteiger partial charge in [0.1, 0.15) is 5.54 Å². The molecule has 1 saturated carbocycles. The maximum absolute atomic E-state index is 12.0. The van der Waals surface area contributed by atoms with Gasteiger partial charge in [-0.25, -0.2) is 4.79 Å². The zero-order valence-electron chi connectivity index (χ0n) is 9.45. The largest absolute Gasteiger partial charge is 0.480 e. The number of rotatable bonds is 3. The monoisotopic (exact) mass is 226 g/mol. The smallest absolute Gasteiger partial charge is 0.329 e. The Morgan fingerprint density at radius 2 is 2.06 bits per heavy atom. The molecule has 90 valence electrons. The first kappa shape index (κ1) is 11.4. The van der Waals surface area contributed by atoms with Gasteiger partial charge in [-0.3, -0.25) is 4.79 Å². The van der Waals surface area contributed by atoms with E-state index < -0.39 is 11.5 Å². The molecule has 0 radical (unpaired) electrons. The number of amides is 1. The third kappa shape index (κ3) is 1.80. The van der Waals surface area contributed by atoms with Crippen LogP contribution in [-0.4, -0.2) is 35.6 Å². The molecule has 0 aromatic heterocycles. The Morgan fingerprint density at radius 1 is 1.38 bits per heavy atom. The van der Waals surface area contributed by atoms with Gasteiger partial charge >= 0.3 is 5.97 Å². The van der Waals surface area contributed by atoms with Crippen LogP contribution in [0.5, 0.6) is 0 Å². The summed E-state index contributed by atoms with van der Waals surface area (Å²) >= 11 is 0. The molecule has 1 heterocycles. The van der Waals surface area contributed by atoms with Crippen LogP contribution >= 0.6 is 0 Å². The second-order valence-corrected chi connectivity index (χ2v) is 4.97. The summed E-state index contributed by atoms with van der Waals surface area (Å²) in [5.41, 5.74) is -0.973. The molecule has 3 N–H and O–H groups in total.